The van der Waals surface area contributed by atoms with Gasteiger partial charge in [0.2, 0.25) is 5.91 Å². The summed E-state index contributed by atoms with van der Waals surface area (Å²) in [6.45, 7) is 3.02. The molecule has 0 bridgehead atoms. The van der Waals surface area contributed by atoms with E-state index in [-0.39, 0.29) is 11.7 Å². The highest BCUT2D eigenvalue weighted by atomic mass is 32.2. The number of benzene rings is 2. The molecule has 164 valence electrons. The van der Waals surface area contributed by atoms with Gasteiger partial charge in [0.1, 0.15) is 11.5 Å². The van der Waals surface area contributed by atoms with Gasteiger partial charge in [-0.2, -0.15) is 0 Å². The number of thioether (sulfide) groups is 1. The number of aromatic nitrogens is 3. The second kappa shape index (κ2) is 10.2. The van der Waals surface area contributed by atoms with Crippen molar-refractivity contribution < 1.29 is 13.9 Å². The van der Waals surface area contributed by atoms with E-state index in [0.717, 1.165) is 22.8 Å². The van der Waals surface area contributed by atoms with Crippen molar-refractivity contribution in [3.63, 3.8) is 0 Å². The minimum atomic E-state index is 0.0131. The third-order valence-corrected chi connectivity index (χ3v) is 5.90. The molecule has 0 unspecified atom stereocenters. The fraction of sp³-hybridized carbons (Fsp3) is 0.208. The highest BCUT2D eigenvalue weighted by Gasteiger charge is 2.20. The van der Waals surface area contributed by atoms with Gasteiger partial charge in [-0.1, -0.05) is 42.1 Å². The van der Waals surface area contributed by atoms with Crippen LogP contribution in [0, 0.1) is 0 Å². The zero-order chi connectivity index (χ0) is 22.3. The molecular formula is C24H24N4O3S. The van der Waals surface area contributed by atoms with Crippen molar-refractivity contribution in [2.75, 3.05) is 24.3 Å². The van der Waals surface area contributed by atoms with Crippen LogP contribution in [-0.2, 0) is 11.3 Å². The van der Waals surface area contributed by atoms with Crippen LogP contribution in [0.3, 0.4) is 0 Å². The summed E-state index contributed by atoms with van der Waals surface area (Å²) in [6.07, 6.45) is 1.64. The smallest absolute Gasteiger partial charge is 0.237 e. The Hall–Kier alpha value is -3.52. The van der Waals surface area contributed by atoms with E-state index < -0.39 is 0 Å². The summed E-state index contributed by atoms with van der Waals surface area (Å²) in [6, 6.07) is 21.1. The molecule has 0 saturated heterocycles. The summed E-state index contributed by atoms with van der Waals surface area (Å²) in [5.74, 6) is 2.46. The number of methoxy groups -OCH3 is 1. The minimum Gasteiger partial charge on any atom is -0.497 e. The molecule has 0 saturated carbocycles. The molecule has 2 aromatic heterocycles. The molecule has 0 atom stereocenters. The Bertz CT molecular complexity index is 1160. The first kappa shape index (κ1) is 21.7. The molecule has 0 radical (unpaired) electrons. The van der Waals surface area contributed by atoms with Crippen molar-refractivity contribution in [1.82, 2.24) is 14.8 Å². The molecule has 4 aromatic rings. The van der Waals surface area contributed by atoms with Crippen molar-refractivity contribution in [3.05, 3.63) is 78.8 Å². The predicted octanol–water partition coefficient (Wildman–Crippen LogP) is 4.74. The van der Waals surface area contributed by atoms with Crippen LogP contribution < -0.4 is 9.64 Å². The van der Waals surface area contributed by atoms with Gasteiger partial charge in [-0.05, 0) is 43.3 Å². The van der Waals surface area contributed by atoms with Crippen LogP contribution in [0.2, 0.25) is 0 Å². The molecule has 2 heterocycles. The van der Waals surface area contributed by atoms with E-state index in [4.69, 9.17) is 9.15 Å². The quantitative estimate of drug-likeness (QED) is 0.344. The first-order valence-electron chi connectivity index (χ1n) is 10.3. The van der Waals surface area contributed by atoms with Crippen LogP contribution in [-0.4, -0.2) is 40.1 Å². The number of hydrogen-bond donors (Lipinski definition) is 0. The topological polar surface area (TPSA) is 73.4 Å². The molecule has 0 N–H and O–H groups in total. The van der Waals surface area contributed by atoms with Crippen LogP contribution in [0.5, 0.6) is 5.75 Å². The van der Waals surface area contributed by atoms with E-state index in [1.807, 2.05) is 78.2 Å². The van der Waals surface area contributed by atoms with Crippen LogP contribution in [0.15, 0.2) is 82.6 Å². The maximum atomic E-state index is 12.9. The molecule has 1 amide bonds. The monoisotopic (exact) mass is 448 g/mol. The summed E-state index contributed by atoms with van der Waals surface area (Å²) in [5, 5.41) is 9.44. The summed E-state index contributed by atoms with van der Waals surface area (Å²) in [7, 11) is 1.63. The maximum absolute atomic E-state index is 12.9. The van der Waals surface area contributed by atoms with Crippen molar-refractivity contribution >= 4 is 23.4 Å². The van der Waals surface area contributed by atoms with Crippen LogP contribution in [0.1, 0.15) is 12.7 Å². The number of hydrogen-bond acceptors (Lipinski definition) is 6. The first-order valence-corrected chi connectivity index (χ1v) is 11.3. The van der Waals surface area contributed by atoms with Gasteiger partial charge in [0.05, 0.1) is 25.7 Å². The summed E-state index contributed by atoms with van der Waals surface area (Å²) in [5.41, 5.74) is 1.76. The van der Waals surface area contributed by atoms with Crippen LogP contribution in [0.25, 0.3) is 11.4 Å². The van der Waals surface area contributed by atoms with E-state index >= 15 is 0 Å². The number of ether oxygens (including phenoxy) is 1. The third-order valence-electron chi connectivity index (χ3n) is 4.95. The van der Waals surface area contributed by atoms with E-state index in [2.05, 4.69) is 10.2 Å². The van der Waals surface area contributed by atoms with Gasteiger partial charge in [-0.3, -0.25) is 9.36 Å². The number of amides is 1. The average molecular weight is 449 g/mol. The Morgan fingerprint density at radius 1 is 1.09 bits per heavy atom. The van der Waals surface area contributed by atoms with Gasteiger partial charge in [-0.25, -0.2) is 0 Å². The van der Waals surface area contributed by atoms with Gasteiger partial charge in [0, 0.05) is 17.8 Å². The predicted molar refractivity (Wildman–Crippen MR) is 125 cm³/mol. The fourth-order valence-corrected chi connectivity index (χ4v) is 4.20. The molecule has 0 aliphatic carbocycles. The number of carbonyl (C=O) groups is 1. The largest absolute Gasteiger partial charge is 0.497 e. The lowest BCUT2D eigenvalue weighted by atomic mass is 10.2. The zero-order valence-electron chi connectivity index (χ0n) is 18.0. The number of rotatable bonds is 9. The molecule has 8 heteroatoms. The minimum absolute atomic E-state index is 0.0131. The van der Waals surface area contributed by atoms with Crippen LogP contribution in [0.4, 0.5) is 5.69 Å². The highest BCUT2D eigenvalue weighted by Crippen LogP contribution is 2.28. The molecule has 0 fully saturated rings. The number of nitrogens with zero attached hydrogens (tertiary/aromatic N) is 4. The lowest BCUT2D eigenvalue weighted by Gasteiger charge is -2.20. The zero-order valence-corrected chi connectivity index (χ0v) is 18.8. The van der Waals surface area contributed by atoms with Crippen molar-refractivity contribution in [2.24, 2.45) is 0 Å². The molecule has 32 heavy (non-hydrogen) atoms. The highest BCUT2D eigenvalue weighted by molar-refractivity contribution is 7.99. The van der Waals surface area contributed by atoms with Gasteiger partial charge in [0.25, 0.3) is 0 Å². The van der Waals surface area contributed by atoms with Gasteiger partial charge < -0.3 is 14.1 Å². The van der Waals surface area contributed by atoms with E-state index in [1.54, 1.807) is 18.3 Å². The Balaban J connectivity index is 1.59. The number of para-hydroxylation sites is 1. The molecule has 0 spiro atoms. The molecule has 0 aliphatic rings. The lowest BCUT2D eigenvalue weighted by molar-refractivity contribution is -0.116. The van der Waals surface area contributed by atoms with Gasteiger partial charge >= 0.3 is 0 Å². The molecule has 7 nitrogen and oxygen atoms in total. The number of anilines is 1. The van der Waals surface area contributed by atoms with Crippen molar-refractivity contribution in [2.45, 2.75) is 18.6 Å². The second-order valence-electron chi connectivity index (χ2n) is 6.97. The summed E-state index contributed by atoms with van der Waals surface area (Å²) >= 11 is 1.37. The van der Waals surface area contributed by atoms with Crippen molar-refractivity contribution in [3.8, 4) is 17.1 Å². The average Bonchev–Trinajstić information content (AvgIpc) is 3.49. The molecular weight excluding hydrogens is 424 g/mol. The van der Waals surface area contributed by atoms with Crippen molar-refractivity contribution in [1.29, 1.82) is 0 Å². The fourth-order valence-electron chi connectivity index (χ4n) is 3.39. The van der Waals surface area contributed by atoms with Gasteiger partial charge in [0.15, 0.2) is 11.0 Å². The number of furan rings is 1. The Labute approximate surface area is 191 Å². The molecule has 4 rings (SSSR count). The summed E-state index contributed by atoms with van der Waals surface area (Å²) < 4.78 is 12.9. The maximum Gasteiger partial charge on any atom is 0.237 e. The molecule has 0 aliphatic heterocycles. The van der Waals surface area contributed by atoms with E-state index in [9.17, 15) is 4.79 Å². The Kier molecular flexibility index (Phi) is 6.91. The number of carbonyl (C=O) groups excluding carboxylic acids is 1. The first-order chi connectivity index (χ1) is 15.7. The molecule has 2 aromatic carbocycles. The third kappa shape index (κ3) is 4.86. The Morgan fingerprint density at radius 3 is 2.66 bits per heavy atom. The Morgan fingerprint density at radius 2 is 1.94 bits per heavy atom. The van der Waals surface area contributed by atoms with Gasteiger partial charge in [-0.15, -0.1) is 10.2 Å². The SMILES string of the molecule is CCN(C(=O)CSc1nnc(-c2cccc(OC)c2)n1Cc1ccco1)c1ccccc1. The van der Waals surface area contributed by atoms with E-state index in [1.165, 1.54) is 11.8 Å². The lowest BCUT2D eigenvalue weighted by Crippen LogP contribution is -2.32. The normalized spacial score (nSPS) is 10.8. The van der Waals surface area contributed by atoms with E-state index in [0.29, 0.717) is 24.1 Å². The standard InChI is InChI=1S/C24H24N4O3S/c1-3-27(19-10-5-4-6-11-19)22(29)17-32-24-26-25-23(18-9-7-12-20(15-18)30-2)28(24)16-21-13-8-14-31-21/h4-15H,3,16-17H2,1-2H3. The van der Waals surface area contributed by atoms with Crippen LogP contribution >= 0.6 is 11.8 Å². The second-order valence-corrected chi connectivity index (χ2v) is 7.91. The summed E-state index contributed by atoms with van der Waals surface area (Å²) in [4.78, 5) is 14.7.